The molecule has 0 aromatic heterocycles. The zero-order chi connectivity index (χ0) is 21.3. The smallest absolute Gasteiger partial charge is 0.305 e. The van der Waals surface area contributed by atoms with Gasteiger partial charge in [-0.1, -0.05) is 57.6 Å². The standard InChI is InChI=1S/C24H40O5/c1-3-4-14-24(15-9-16-24)22(27)13-12-19-18(20(25)17-21(19)26)10-7-5-6-8-11-23(28)29-2/h12-13,18-19,21-22,26-27H,3-11,14-17H2,1-2H3/b13-12+/t18-,19-,21-,22+/m1/s1. The number of unbranched alkanes of at least 4 members (excludes halogenated alkanes) is 4. The van der Waals surface area contributed by atoms with Crippen LogP contribution >= 0.6 is 0 Å². The molecule has 2 rings (SSSR count). The highest BCUT2D eigenvalue weighted by atomic mass is 16.5. The Hall–Kier alpha value is -1.20. The highest BCUT2D eigenvalue weighted by molar-refractivity contribution is 5.84. The molecule has 0 radical (unpaired) electrons. The van der Waals surface area contributed by atoms with Gasteiger partial charge in [0.1, 0.15) is 5.78 Å². The zero-order valence-corrected chi connectivity index (χ0v) is 18.3. The first-order valence-electron chi connectivity index (χ1n) is 11.6. The van der Waals surface area contributed by atoms with Crippen molar-refractivity contribution >= 4 is 11.8 Å². The van der Waals surface area contributed by atoms with E-state index >= 15 is 0 Å². The number of carbonyl (C=O) groups excluding carboxylic acids is 2. The third-order valence-corrected chi connectivity index (χ3v) is 7.13. The van der Waals surface area contributed by atoms with Crippen molar-refractivity contribution in [2.24, 2.45) is 17.3 Å². The summed E-state index contributed by atoms with van der Waals surface area (Å²) in [6.45, 7) is 2.18. The maximum atomic E-state index is 12.4. The molecule has 0 bridgehead atoms. The molecule has 0 unspecified atom stereocenters. The van der Waals surface area contributed by atoms with Crippen molar-refractivity contribution in [1.82, 2.24) is 0 Å². The number of esters is 1. The predicted octanol–water partition coefficient (Wildman–Crippen LogP) is 4.34. The van der Waals surface area contributed by atoms with E-state index in [4.69, 9.17) is 0 Å². The van der Waals surface area contributed by atoms with Gasteiger partial charge in [0.25, 0.3) is 0 Å². The summed E-state index contributed by atoms with van der Waals surface area (Å²) in [5.41, 5.74) is 0.00914. The maximum Gasteiger partial charge on any atom is 0.305 e. The topological polar surface area (TPSA) is 83.8 Å². The maximum absolute atomic E-state index is 12.4. The Morgan fingerprint density at radius 3 is 2.59 bits per heavy atom. The molecule has 0 spiro atoms. The van der Waals surface area contributed by atoms with Gasteiger partial charge in [-0.05, 0) is 37.5 Å². The second kappa shape index (κ2) is 11.8. The summed E-state index contributed by atoms with van der Waals surface area (Å²) in [7, 11) is 1.40. The van der Waals surface area contributed by atoms with Crippen LogP contribution in [0.15, 0.2) is 12.2 Å². The van der Waals surface area contributed by atoms with E-state index in [1.54, 1.807) is 0 Å². The van der Waals surface area contributed by atoms with E-state index in [1.807, 2.05) is 12.2 Å². The number of ether oxygens (including phenoxy) is 1. The Morgan fingerprint density at radius 2 is 1.97 bits per heavy atom. The number of aliphatic hydroxyl groups is 2. The lowest BCUT2D eigenvalue weighted by Crippen LogP contribution is -2.40. The molecule has 2 aliphatic rings. The highest BCUT2D eigenvalue weighted by Crippen LogP contribution is 2.48. The van der Waals surface area contributed by atoms with Gasteiger partial charge in [0.05, 0.1) is 19.3 Å². The van der Waals surface area contributed by atoms with Crippen LogP contribution in [0.2, 0.25) is 0 Å². The minimum atomic E-state index is -0.636. The third-order valence-electron chi connectivity index (χ3n) is 7.13. The molecule has 0 aromatic carbocycles. The first-order valence-corrected chi connectivity index (χ1v) is 11.6. The van der Waals surface area contributed by atoms with E-state index in [9.17, 15) is 19.8 Å². The van der Waals surface area contributed by atoms with E-state index in [1.165, 1.54) is 13.5 Å². The van der Waals surface area contributed by atoms with Crippen molar-refractivity contribution in [3.05, 3.63) is 12.2 Å². The Bertz CT molecular complexity index is 551. The molecule has 29 heavy (non-hydrogen) atoms. The third kappa shape index (κ3) is 6.65. The van der Waals surface area contributed by atoms with E-state index in [0.717, 1.165) is 64.2 Å². The summed E-state index contributed by atoms with van der Waals surface area (Å²) >= 11 is 0. The van der Waals surface area contributed by atoms with Crippen LogP contribution in [0.3, 0.4) is 0 Å². The summed E-state index contributed by atoms with van der Waals surface area (Å²) in [6.07, 6.45) is 14.4. The molecule has 0 aliphatic heterocycles. The van der Waals surface area contributed by atoms with Crippen LogP contribution in [-0.2, 0) is 14.3 Å². The molecule has 2 saturated carbocycles. The lowest BCUT2D eigenvalue weighted by Gasteiger charge is -2.45. The minimum Gasteiger partial charge on any atom is -0.469 e. The number of hydrogen-bond acceptors (Lipinski definition) is 5. The molecule has 2 N–H and O–H groups in total. The fourth-order valence-corrected chi connectivity index (χ4v) is 4.97. The first-order chi connectivity index (χ1) is 13.9. The van der Waals surface area contributed by atoms with Gasteiger partial charge in [-0.3, -0.25) is 9.59 Å². The van der Waals surface area contributed by atoms with Gasteiger partial charge in [-0.15, -0.1) is 0 Å². The summed E-state index contributed by atoms with van der Waals surface area (Å²) < 4.78 is 4.64. The lowest BCUT2D eigenvalue weighted by molar-refractivity contribution is -0.140. The molecule has 2 fully saturated rings. The van der Waals surface area contributed by atoms with E-state index in [0.29, 0.717) is 6.42 Å². The van der Waals surface area contributed by atoms with Gasteiger partial charge in [0, 0.05) is 24.7 Å². The predicted molar refractivity (Wildman–Crippen MR) is 113 cm³/mol. The lowest BCUT2D eigenvalue weighted by atomic mass is 9.62. The highest BCUT2D eigenvalue weighted by Gasteiger charge is 2.43. The fraction of sp³-hybridized carbons (Fsp3) is 0.833. The largest absolute Gasteiger partial charge is 0.469 e. The fourth-order valence-electron chi connectivity index (χ4n) is 4.97. The van der Waals surface area contributed by atoms with Crippen molar-refractivity contribution in [2.75, 3.05) is 7.11 Å². The molecule has 0 amide bonds. The van der Waals surface area contributed by atoms with Gasteiger partial charge in [0.15, 0.2) is 0 Å². The van der Waals surface area contributed by atoms with Crippen molar-refractivity contribution in [3.63, 3.8) is 0 Å². The van der Waals surface area contributed by atoms with Crippen LogP contribution in [0, 0.1) is 17.3 Å². The van der Waals surface area contributed by atoms with Crippen LogP contribution in [0.1, 0.15) is 90.4 Å². The monoisotopic (exact) mass is 408 g/mol. The molecule has 5 nitrogen and oxygen atoms in total. The van der Waals surface area contributed by atoms with Crippen molar-refractivity contribution in [3.8, 4) is 0 Å². The molecule has 4 atom stereocenters. The number of hydrogen-bond donors (Lipinski definition) is 2. The summed E-state index contributed by atoms with van der Waals surface area (Å²) in [6, 6.07) is 0. The summed E-state index contributed by atoms with van der Waals surface area (Å²) in [5.74, 6) is -0.371. The molecule has 5 heteroatoms. The van der Waals surface area contributed by atoms with Gasteiger partial charge in [0.2, 0.25) is 0 Å². The number of rotatable bonds is 13. The average Bonchev–Trinajstić information content (AvgIpc) is 2.94. The van der Waals surface area contributed by atoms with Crippen molar-refractivity contribution in [2.45, 2.75) is 103 Å². The Labute approximate surface area is 175 Å². The SMILES string of the molecule is CCCCC1([C@@H](O)/C=C/[C@H]2[C@H](O)CC(=O)[C@@H]2CCCCCCC(=O)OC)CCC1. The van der Waals surface area contributed by atoms with Crippen LogP contribution in [0.25, 0.3) is 0 Å². The van der Waals surface area contributed by atoms with Gasteiger partial charge < -0.3 is 14.9 Å². The number of methoxy groups -OCH3 is 1. The number of carbonyl (C=O) groups is 2. The van der Waals surface area contributed by atoms with E-state index in [-0.39, 0.29) is 35.4 Å². The van der Waals surface area contributed by atoms with Gasteiger partial charge in [-0.25, -0.2) is 0 Å². The molecular weight excluding hydrogens is 368 g/mol. The second-order valence-electron chi connectivity index (χ2n) is 9.10. The number of ketones is 1. The molecule has 0 aromatic rings. The summed E-state index contributed by atoms with van der Waals surface area (Å²) in [5, 5.41) is 21.2. The Balaban J connectivity index is 1.83. The molecule has 2 aliphatic carbocycles. The number of aliphatic hydroxyl groups excluding tert-OH is 2. The first kappa shape index (κ1) is 24.1. The number of Topliss-reactive ketones (excluding diaryl/α,β-unsaturated/α-hetero) is 1. The molecular formula is C24H40O5. The molecule has 0 saturated heterocycles. The van der Waals surface area contributed by atoms with Crippen molar-refractivity contribution in [1.29, 1.82) is 0 Å². The second-order valence-corrected chi connectivity index (χ2v) is 9.10. The molecule has 166 valence electrons. The van der Waals surface area contributed by atoms with Crippen LogP contribution < -0.4 is 0 Å². The Morgan fingerprint density at radius 1 is 1.24 bits per heavy atom. The van der Waals surface area contributed by atoms with Crippen LogP contribution in [0.5, 0.6) is 0 Å². The Kier molecular flexibility index (Phi) is 9.84. The molecule has 0 heterocycles. The minimum absolute atomic E-state index is 0.00914. The zero-order valence-electron chi connectivity index (χ0n) is 18.3. The quantitative estimate of drug-likeness (QED) is 0.269. The van der Waals surface area contributed by atoms with E-state index < -0.39 is 12.2 Å². The van der Waals surface area contributed by atoms with Gasteiger partial charge >= 0.3 is 5.97 Å². The van der Waals surface area contributed by atoms with Crippen molar-refractivity contribution < 1.29 is 24.5 Å². The van der Waals surface area contributed by atoms with E-state index in [2.05, 4.69) is 11.7 Å². The average molecular weight is 409 g/mol. The summed E-state index contributed by atoms with van der Waals surface area (Å²) in [4.78, 5) is 23.5. The van der Waals surface area contributed by atoms with Crippen LogP contribution in [-0.4, -0.2) is 41.3 Å². The van der Waals surface area contributed by atoms with Gasteiger partial charge in [-0.2, -0.15) is 0 Å². The van der Waals surface area contributed by atoms with Crippen LogP contribution in [0.4, 0.5) is 0 Å². The normalized spacial score (nSPS) is 27.2.